The molecule has 0 spiro atoms. The zero-order valence-electron chi connectivity index (χ0n) is 17.9. The van der Waals surface area contributed by atoms with Crippen molar-refractivity contribution in [3.63, 3.8) is 0 Å². The second-order valence-corrected chi connectivity index (χ2v) is 7.44. The number of carbonyl (C=O) groups is 3. The molecular formula is C20H37N3O4. The third kappa shape index (κ3) is 7.33. The minimum Gasteiger partial charge on any atom is -0.478 e. The van der Waals surface area contributed by atoms with Gasteiger partial charge in [-0.15, -0.1) is 0 Å². The van der Waals surface area contributed by atoms with Gasteiger partial charge in [-0.1, -0.05) is 46.6 Å². The number of amides is 2. The summed E-state index contributed by atoms with van der Waals surface area (Å²) < 4.78 is 0. The second-order valence-electron chi connectivity index (χ2n) is 7.44. The van der Waals surface area contributed by atoms with E-state index in [9.17, 15) is 14.4 Å². The van der Waals surface area contributed by atoms with Gasteiger partial charge in [0.15, 0.2) is 0 Å². The zero-order valence-corrected chi connectivity index (χ0v) is 17.9. The van der Waals surface area contributed by atoms with E-state index in [-0.39, 0.29) is 29.9 Å². The maximum absolute atomic E-state index is 13.0. The fraction of sp³-hybridized carbons (Fsp3) is 0.750. The number of likely N-dealkylation sites (N-methyl/N-ethyl adjacent to an activating group) is 2. The minimum absolute atomic E-state index is 0.0914. The number of nitrogens with zero attached hydrogens (tertiary/aromatic N) is 1. The molecule has 0 aromatic rings. The first kappa shape index (κ1) is 25.1. The van der Waals surface area contributed by atoms with Crippen LogP contribution in [-0.2, 0) is 14.4 Å². The highest BCUT2D eigenvalue weighted by molar-refractivity contribution is 5.92. The Bertz CT molecular complexity index is 537. The van der Waals surface area contributed by atoms with Crippen LogP contribution in [0, 0.1) is 5.92 Å². The smallest absolute Gasteiger partial charge is 0.331 e. The van der Waals surface area contributed by atoms with Crippen molar-refractivity contribution in [3.8, 4) is 0 Å². The van der Waals surface area contributed by atoms with E-state index in [1.807, 2.05) is 27.7 Å². The molecule has 0 aliphatic rings. The molecule has 3 N–H and O–H groups in total. The van der Waals surface area contributed by atoms with Crippen molar-refractivity contribution in [2.24, 2.45) is 5.92 Å². The molecule has 1 unspecified atom stereocenters. The molecule has 27 heavy (non-hydrogen) atoms. The summed E-state index contributed by atoms with van der Waals surface area (Å²) in [5, 5.41) is 15.0. The van der Waals surface area contributed by atoms with Crippen LogP contribution in [0.2, 0.25) is 0 Å². The number of hydrogen-bond donors (Lipinski definition) is 3. The molecule has 0 bridgehead atoms. The van der Waals surface area contributed by atoms with E-state index in [1.165, 1.54) is 17.9 Å². The Morgan fingerprint density at radius 2 is 1.67 bits per heavy atom. The average Bonchev–Trinajstić information content (AvgIpc) is 2.62. The maximum Gasteiger partial charge on any atom is 0.331 e. The molecule has 0 fully saturated rings. The summed E-state index contributed by atoms with van der Waals surface area (Å²) in [6, 6.07) is -0.664. The summed E-state index contributed by atoms with van der Waals surface area (Å²) in [7, 11) is 3.39. The van der Waals surface area contributed by atoms with Crippen LogP contribution in [0.3, 0.4) is 0 Å². The van der Waals surface area contributed by atoms with Gasteiger partial charge in [0.1, 0.15) is 6.04 Å². The second kappa shape index (κ2) is 11.7. The summed E-state index contributed by atoms with van der Waals surface area (Å²) >= 11 is 0. The van der Waals surface area contributed by atoms with Crippen LogP contribution in [-0.4, -0.2) is 60.0 Å². The molecule has 0 aliphatic carbocycles. The molecule has 1 atom stereocenters. The molecule has 0 saturated heterocycles. The number of aliphatic carboxylic acids is 1. The highest BCUT2D eigenvalue weighted by atomic mass is 16.4. The van der Waals surface area contributed by atoms with Gasteiger partial charge >= 0.3 is 5.97 Å². The molecule has 0 aromatic heterocycles. The lowest BCUT2D eigenvalue weighted by molar-refractivity contribution is -0.138. The molecule has 0 radical (unpaired) electrons. The third-order valence-electron chi connectivity index (χ3n) is 4.87. The Labute approximate surface area is 163 Å². The van der Waals surface area contributed by atoms with Crippen molar-refractivity contribution in [3.05, 3.63) is 11.6 Å². The molecule has 0 saturated carbocycles. The number of carbonyl (C=O) groups excluding carboxylic acids is 2. The van der Waals surface area contributed by atoms with Gasteiger partial charge in [0.05, 0.1) is 5.54 Å². The first-order valence-corrected chi connectivity index (χ1v) is 9.71. The van der Waals surface area contributed by atoms with Crippen LogP contribution in [0.1, 0.15) is 60.3 Å². The van der Waals surface area contributed by atoms with E-state index in [0.29, 0.717) is 12.8 Å². The largest absolute Gasteiger partial charge is 0.478 e. The lowest BCUT2D eigenvalue weighted by Gasteiger charge is -2.35. The Morgan fingerprint density at radius 3 is 2.04 bits per heavy atom. The molecule has 156 valence electrons. The van der Waals surface area contributed by atoms with Gasteiger partial charge in [0.25, 0.3) is 0 Å². The quantitative estimate of drug-likeness (QED) is 0.449. The highest BCUT2D eigenvalue weighted by Crippen LogP contribution is 2.21. The van der Waals surface area contributed by atoms with Crippen molar-refractivity contribution >= 4 is 17.8 Å². The van der Waals surface area contributed by atoms with Crippen LogP contribution in [0.15, 0.2) is 11.6 Å². The SMILES string of the molecule is CCCC(CCC)(NC)C(=O)NC(C(=O)N(C)C/C=C(\C)C(=O)O)C(C)C. The summed E-state index contributed by atoms with van der Waals surface area (Å²) in [6.45, 7) is 9.50. The lowest BCUT2D eigenvalue weighted by Crippen LogP contribution is -2.60. The Hall–Kier alpha value is -1.89. The molecule has 0 aliphatic heterocycles. The molecule has 0 rings (SSSR count). The summed E-state index contributed by atoms with van der Waals surface area (Å²) in [5.74, 6) is -1.49. The van der Waals surface area contributed by atoms with E-state index >= 15 is 0 Å². The van der Waals surface area contributed by atoms with Gasteiger partial charge in [0, 0.05) is 19.2 Å². The van der Waals surface area contributed by atoms with Gasteiger partial charge < -0.3 is 20.6 Å². The predicted molar refractivity (Wildman–Crippen MR) is 107 cm³/mol. The number of nitrogens with one attached hydrogen (secondary N) is 2. The van der Waals surface area contributed by atoms with Crippen molar-refractivity contribution in [1.82, 2.24) is 15.5 Å². The Balaban J connectivity index is 5.36. The van der Waals surface area contributed by atoms with Crippen molar-refractivity contribution < 1.29 is 19.5 Å². The molecular weight excluding hydrogens is 346 g/mol. The number of hydrogen-bond acceptors (Lipinski definition) is 4. The van der Waals surface area contributed by atoms with Crippen molar-refractivity contribution in [2.75, 3.05) is 20.6 Å². The monoisotopic (exact) mass is 383 g/mol. The van der Waals surface area contributed by atoms with E-state index in [1.54, 1.807) is 14.1 Å². The van der Waals surface area contributed by atoms with Gasteiger partial charge in [0.2, 0.25) is 11.8 Å². The third-order valence-corrected chi connectivity index (χ3v) is 4.87. The fourth-order valence-corrected chi connectivity index (χ4v) is 3.05. The number of rotatable bonds is 12. The van der Waals surface area contributed by atoms with Crippen LogP contribution in [0.5, 0.6) is 0 Å². The van der Waals surface area contributed by atoms with Crippen molar-refractivity contribution in [2.45, 2.75) is 71.9 Å². The summed E-state index contributed by atoms with van der Waals surface area (Å²) in [4.78, 5) is 38.2. The molecule has 2 amide bonds. The fourth-order valence-electron chi connectivity index (χ4n) is 3.05. The molecule has 0 aromatic carbocycles. The van der Waals surface area contributed by atoms with Gasteiger partial charge in [-0.2, -0.15) is 0 Å². The molecule has 7 nitrogen and oxygen atoms in total. The van der Waals surface area contributed by atoms with Gasteiger partial charge in [-0.25, -0.2) is 4.79 Å². The molecule has 7 heteroatoms. The Morgan fingerprint density at radius 1 is 1.15 bits per heavy atom. The van der Waals surface area contributed by atoms with E-state index < -0.39 is 17.6 Å². The molecule has 0 heterocycles. The first-order chi connectivity index (χ1) is 12.6. The topological polar surface area (TPSA) is 98.7 Å². The average molecular weight is 384 g/mol. The Kier molecular flexibility index (Phi) is 10.9. The summed E-state index contributed by atoms with van der Waals surface area (Å²) in [6.07, 6.45) is 4.59. The van der Waals surface area contributed by atoms with Crippen LogP contribution < -0.4 is 10.6 Å². The van der Waals surface area contributed by atoms with Crippen LogP contribution >= 0.6 is 0 Å². The van der Waals surface area contributed by atoms with E-state index in [0.717, 1.165) is 12.8 Å². The highest BCUT2D eigenvalue weighted by Gasteiger charge is 2.38. The van der Waals surface area contributed by atoms with Crippen molar-refractivity contribution in [1.29, 1.82) is 0 Å². The van der Waals surface area contributed by atoms with E-state index in [2.05, 4.69) is 10.6 Å². The summed E-state index contributed by atoms with van der Waals surface area (Å²) in [5.41, 5.74) is -0.505. The predicted octanol–water partition coefficient (Wildman–Crippen LogP) is 2.17. The van der Waals surface area contributed by atoms with E-state index in [4.69, 9.17) is 5.11 Å². The lowest BCUT2D eigenvalue weighted by atomic mass is 9.87. The number of carboxylic acids is 1. The zero-order chi connectivity index (χ0) is 21.2. The minimum atomic E-state index is -1.01. The number of carboxylic acid groups (broad SMARTS) is 1. The van der Waals surface area contributed by atoms with Gasteiger partial charge in [-0.05, 0) is 32.7 Å². The van der Waals surface area contributed by atoms with Gasteiger partial charge in [-0.3, -0.25) is 9.59 Å². The standard InChI is InChI=1S/C20H37N3O4/c1-8-11-20(21-6,12-9-2)19(27)22-16(14(3)4)17(24)23(7)13-10-15(5)18(25)26/h10,14,16,21H,8-9,11-13H2,1-7H3,(H,22,27)(H,25,26)/b15-10+. The first-order valence-electron chi connectivity index (χ1n) is 9.71. The normalized spacial score (nSPS) is 13.4. The van der Waals surface area contributed by atoms with Crippen LogP contribution in [0.4, 0.5) is 0 Å². The van der Waals surface area contributed by atoms with Crippen LogP contribution in [0.25, 0.3) is 0 Å². The maximum atomic E-state index is 13.0.